The second-order valence-corrected chi connectivity index (χ2v) is 15.2. The van der Waals surface area contributed by atoms with Crippen LogP contribution >= 0.6 is 0 Å². The fourth-order valence-electron chi connectivity index (χ4n) is 6.65. The van der Waals surface area contributed by atoms with Crippen molar-refractivity contribution in [3.8, 4) is 0 Å². The van der Waals surface area contributed by atoms with Gasteiger partial charge in [0, 0.05) is 12.8 Å². The van der Waals surface area contributed by atoms with E-state index in [-0.39, 0.29) is 32.0 Å². The highest BCUT2D eigenvalue weighted by Gasteiger charge is 2.44. The third-order valence-corrected chi connectivity index (χ3v) is 10.2. The number of allylic oxidation sites excluding steroid dienone is 2. The van der Waals surface area contributed by atoms with Crippen molar-refractivity contribution in [2.45, 2.75) is 230 Å². The fourth-order valence-corrected chi connectivity index (χ4v) is 6.65. The van der Waals surface area contributed by atoms with Gasteiger partial charge < -0.3 is 39.4 Å². The van der Waals surface area contributed by atoms with Crippen LogP contribution in [-0.4, -0.2) is 89.0 Å². The van der Waals surface area contributed by atoms with Crippen LogP contribution in [0.5, 0.6) is 0 Å². The Hall–Kier alpha value is -1.56. The molecule has 312 valence electrons. The van der Waals surface area contributed by atoms with E-state index in [0.717, 1.165) is 51.4 Å². The molecule has 0 aliphatic carbocycles. The molecule has 1 aliphatic rings. The van der Waals surface area contributed by atoms with Gasteiger partial charge in [0.25, 0.3) is 0 Å². The van der Waals surface area contributed by atoms with E-state index in [2.05, 4.69) is 26.0 Å². The number of hydrogen-bond acceptors (Lipinski definition) is 10. The van der Waals surface area contributed by atoms with Crippen LogP contribution in [0.3, 0.4) is 0 Å². The maximum atomic E-state index is 12.7. The molecule has 4 N–H and O–H groups in total. The van der Waals surface area contributed by atoms with Gasteiger partial charge in [-0.3, -0.25) is 9.59 Å². The smallest absolute Gasteiger partial charge is 0.306 e. The topological polar surface area (TPSA) is 152 Å². The summed E-state index contributed by atoms with van der Waals surface area (Å²) in [7, 11) is 0. The number of rotatable bonds is 36. The molecule has 0 bridgehead atoms. The van der Waals surface area contributed by atoms with Gasteiger partial charge in [0.2, 0.25) is 0 Å². The molecule has 0 aromatic carbocycles. The van der Waals surface area contributed by atoms with Gasteiger partial charge in [0.05, 0.1) is 13.2 Å². The Kier molecular flexibility index (Phi) is 32.6. The fraction of sp³-hybridized carbons (Fsp3) is 0.907. The standard InChI is InChI=1S/C43H80O10/c1-3-5-7-9-11-13-15-17-18-20-22-24-26-28-30-32-39(46)52-36(35-51-43-42(49)41(48)40(47)37(33-44)53-43)34-50-38(45)31-29-27-25-23-21-19-16-14-12-10-8-6-4-2/h17-18,36-37,40-44,47-49H,3-16,19-35H2,1-2H3/t36?,37-,40-,41+,42-,43+/m1/s1. The summed E-state index contributed by atoms with van der Waals surface area (Å²) < 4.78 is 22.1. The highest BCUT2D eigenvalue weighted by atomic mass is 16.7. The highest BCUT2D eigenvalue weighted by molar-refractivity contribution is 5.70. The molecule has 6 atom stereocenters. The molecular formula is C43H80O10. The number of aliphatic hydroxyl groups is 4. The zero-order valence-corrected chi connectivity index (χ0v) is 33.8. The predicted octanol–water partition coefficient (Wildman–Crippen LogP) is 8.78. The van der Waals surface area contributed by atoms with Crippen molar-refractivity contribution in [2.75, 3.05) is 19.8 Å². The molecule has 1 heterocycles. The maximum absolute atomic E-state index is 12.7. The van der Waals surface area contributed by atoms with Gasteiger partial charge >= 0.3 is 11.9 Å². The lowest BCUT2D eigenvalue weighted by atomic mass is 9.99. The molecule has 1 aliphatic heterocycles. The normalized spacial score (nSPS) is 20.9. The molecule has 0 radical (unpaired) electrons. The lowest BCUT2D eigenvalue weighted by molar-refractivity contribution is -0.305. The van der Waals surface area contributed by atoms with Gasteiger partial charge in [-0.15, -0.1) is 0 Å². The third-order valence-electron chi connectivity index (χ3n) is 10.2. The van der Waals surface area contributed by atoms with Crippen LogP contribution in [0.1, 0.15) is 194 Å². The Bertz CT molecular complexity index is 881. The van der Waals surface area contributed by atoms with Gasteiger partial charge in [-0.2, -0.15) is 0 Å². The molecule has 1 rings (SSSR count). The maximum Gasteiger partial charge on any atom is 0.306 e. The first-order chi connectivity index (χ1) is 25.8. The van der Waals surface area contributed by atoms with Crippen LogP contribution in [-0.2, 0) is 28.5 Å². The number of hydrogen-bond donors (Lipinski definition) is 4. The van der Waals surface area contributed by atoms with E-state index in [1.165, 1.54) is 109 Å². The monoisotopic (exact) mass is 757 g/mol. The first-order valence-electron chi connectivity index (χ1n) is 21.8. The second-order valence-electron chi connectivity index (χ2n) is 15.2. The summed E-state index contributed by atoms with van der Waals surface area (Å²) in [5, 5.41) is 40.0. The van der Waals surface area contributed by atoms with Gasteiger partial charge in [-0.25, -0.2) is 0 Å². The van der Waals surface area contributed by atoms with E-state index in [0.29, 0.717) is 6.42 Å². The first-order valence-corrected chi connectivity index (χ1v) is 21.8. The van der Waals surface area contributed by atoms with Crippen LogP contribution in [0.15, 0.2) is 12.2 Å². The summed E-state index contributed by atoms with van der Waals surface area (Å²) in [5.41, 5.74) is 0. The number of ether oxygens (including phenoxy) is 4. The van der Waals surface area contributed by atoms with Crippen LogP contribution in [0.25, 0.3) is 0 Å². The molecule has 0 aromatic rings. The number of carbonyl (C=O) groups is 2. The largest absolute Gasteiger partial charge is 0.462 e. The number of esters is 2. The predicted molar refractivity (Wildman–Crippen MR) is 210 cm³/mol. The summed E-state index contributed by atoms with van der Waals surface area (Å²) in [6.45, 7) is 3.41. The van der Waals surface area contributed by atoms with E-state index >= 15 is 0 Å². The number of carbonyl (C=O) groups excluding carboxylic acids is 2. The van der Waals surface area contributed by atoms with Gasteiger partial charge in [0.1, 0.15) is 31.0 Å². The Morgan fingerprint density at radius 1 is 0.566 bits per heavy atom. The molecule has 0 amide bonds. The van der Waals surface area contributed by atoms with Gasteiger partial charge in [0.15, 0.2) is 12.4 Å². The quantitative estimate of drug-likeness (QED) is 0.0277. The zero-order valence-electron chi connectivity index (χ0n) is 33.8. The SMILES string of the molecule is CCCCCCCCC=CCCCCCCCC(=O)OC(COC(=O)CCCCCCCCCCCCCCC)CO[C@H]1O[C@H](CO)[C@@H](O)[C@H](O)[C@H]1O. The third kappa shape index (κ3) is 26.8. The molecular weight excluding hydrogens is 676 g/mol. The van der Waals surface area contributed by atoms with Crippen molar-refractivity contribution in [1.29, 1.82) is 0 Å². The molecule has 1 fully saturated rings. The van der Waals surface area contributed by atoms with E-state index in [4.69, 9.17) is 18.9 Å². The summed E-state index contributed by atoms with van der Waals surface area (Å²) in [6.07, 6.45) is 27.9. The van der Waals surface area contributed by atoms with Crippen LogP contribution in [0.2, 0.25) is 0 Å². The minimum Gasteiger partial charge on any atom is -0.462 e. The Balaban J connectivity index is 2.35. The van der Waals surface area contributed by atoms with E-state index in [1.54, 1.807) is 0 Å². The van der Waals surface area contributed by atoms with Crippen molar-refractivity contribution in [3.05, 3.63) is 12.2 Å². The molecule has 0 aromatic heterocycles. The minimum atomic E-state index is -1.59. The minimum absolute atomic E-state index is 0.215. The number of unbranched alkanes of at least 4 members (excludes halogenated alkanes) is 23. The summed E-state index contributed by atoms with van der Waals surface area (Å²) >= 11 is 0. The zero-order chi connectivity index (χ0) is 38.8. The van der Waals surface area contributed by atoms with Crippen molar-refractivity contribution >= 4 is 11.9 Å². The van der Waals surface area contributed by atoms with E-state index < -0.39 is 49.4 Å². The van der Waals surface area contributed by atoms with Gasteiger partial charge in [-0.05, 0) is 38.5 Å². The summed E-state index contributed by atoms with van der Waals surface area (Å²) in [6, 6.07) is 0. The second kappa shape index (κ2) is 34.9. The highest BCUT2D eigenvalue weighted by Crippen LogP contribution is 2.23. The Morgan fingerprint density at radius 3 is 1.47 bits per heavy atom. The van der Waals surface area contributed by atoms with Gasteiger partial charge in [-0.1, -0.05) is 154 Å². The summed E-state index contributed by atoms with van der Waals surface area (Å²) in [4.78, 5) is 25.3. The number of aliphatic hydroxyl groups excluding tert-OH is 4. The van der Waals surface area contributed by atoms with Crippen molar-refractivity contribution in [2.24, 2.45) is 0 Å². The lowest BCUT2D eigenvalue weighted by Gasteiger charge is -2.39. The van der Waals surface area contributed by atoms with Crippen LogP contribution in [0.4, 0.5) is 0 Å². The molecule has 1 saturated heterocycles. The molecule has 10 heteroatoms. The first kappa shape index (κ1) is 49.5. The molecule has 0 saturated carbocycles. The Morgan fingerprint density at radius 2 is 1.00 bits per heavy atom. The van der Waals surface area contributed by atoms with Crippen molar-refractivity contribution in [1.82, 2.24) is 0 Å². The Labute approximate surface area is 322 Å². The van der Waals surface area contributed by atoms with Crippen LogP contribution < -0.4 is 0 Å². The van der Waals surface area contributed by atoms with Crippen molar-refractivity contribution in [3.63, 3.8) is 0 Å². The molecule has 10 nitrogen and oxygen atoms in total. The molecule has 53 heavy (non-hydrogen) atoms. The van der Waals surface area contributed by atoms with E-state index in [1.807, 2.05) is 0 Å². The summed E-state index contributed by atoms with van der Waals surface area (Å²) in [5.74, 6) is -0.809. The average molecular weight is 757 g/mol. The van der Waals surface area contributed by atoms with Crippen LogP contribution in [0, 0.1) is 0 Å². The molecule has 1 unspecified atom stereocenters. The van der Waals surface area contributed by atoms with E-state index in [9.17, 15) is 30.0 Å². The lowest BCUT2D eigenvalue weighted by Crippen LogP contribution is -2.59. The average Bonchev–Trinajstić information content (AvgIpc) is 3.15. The van der Waals surface area contributed by atoms with Crippen molar-refractivity contribution < 1.29 is 49.0 Å². The molecule has 0 spiro atoms.